The monoisotopic (exact) mass is 344 g/mol. The van der Waals surface area contributed by atoms with E-state index in [9.17, 15) is 9.59 Å². The molecule has 2 aromatic rings. The lowest BCUT2D eigenvalue weighted by Crippen LogP contribution is -2.35. The maximum absolute atomic E-state index is 11.8. The lowest BCUT2D eigenvalue weighted by molar-refractivity contribution is 0.0697. The van der Waals surface area contributed by atoms with Crippen molar-refractivity contribution in [2.45, 2.75) is 33.2 Å². The van der Waals surface area contributed by atoms with E-state index in [0.717, 1.165) is 29.8 Å². The average Bonchev–Trinajstić information content (AvgIpc) is 2.82. The number of carbonyl (C=O) groups is 2. The van der Waals surface area contributed by atoms with Crippen molar-refractivity contribution in [3.63, 3.8) is 0 Å². The summed E-state index contributed by atoms with van der Waals surface area (Å²) in [5, 5.41) is 18.8. The topological polar surface area (TPSA) is 96.3 Å². The summed E-state index contributed by atoms with van der Waals surface area (Å²) in [7, 11) is 1.93. The Morgan fingerprint density at radius 1 is 1.16 bits per heavy atom. The molecule has 25 heavy (non-hydrogen) atoms. The van der Waals surface area contributed by atoms with Crippen LogP contribution in [0.25, 0.3) is 0 Å². The highest BCUT2D eigenvalue weighted by Crippen LogP contribution is 2.13. The highest BCUT2D eigenvalue weighted by molar-refractivity contribution is 5.87. The maximum Gasteiger partial charge on any atom is 0.335 e. The zero-order chi connectivity index (χ0) is 18.4. The van der Waals surface area contributed by atoms with Gasteiger partial charge < -0.3 is 15.7 Å². The quantitative estimate of drug-likeness (QED) is 0.671. The SMILES string of the molecule is Cc1nn(C)c(C)c1CCCNC(=O)NCc1ccc(C(=O)O)cc1. The van der Waals surface area contributed by atoms with Crippen molar-refractivity contribution in [3.8, 4) is 0 Å². The van der Waals surface area contributed by atoms with Crippen LogP contribution in [-0.2, 0) is 20.0 Å². The van der Waals surface area contributed by atoms with Gasteiger partial charge in [-0.05, 0) is 49.9 Å². The minimum Gasteiger partial charge on any atom is -0.478 e. The van der Waals surface area contributed by atoms with Gasteiger partial charge in [0.2, 0.25) is 0 Å². The maximum atomic E-state index is 11.8. The molecular formula is C18H24N4O3. The van der Waals surface area contributed by atoms with Gasteiger partial charge in [0, 0.05) is 25.8 Å². The number of carbonyl (C=O) groups excluding carboxylic acids is 1. The lowest BCUT2D eigenvalue weighted by atomic mass is 10.1. The highest BCUT2D eigenvalue weighted by Gasteiger charge is 2.09. The summed E-state index contributed by atoms with van der Waals surface area (Å²) >= 11 is 0. The minimum absolute atomic E-state index is 0.231. The Morgan fingerprint density at radius 2 is 1.84 bits per heavy atom. The molecule has 0 atom stereocenters. The van der Waals surface area contributed by atoms with Crippen LogP contribution in [0.3, 0.4) is 0 Å². The molecule has 0 spiro atoms. The van der Waals surface area contributed by atoms with E-state index in [1.807, 2.05) is 25.6 Å². The second kappa shape index (κ2) is 8.32. The van der Waals surface area contributed by atoms with Gasteiger partial charge in [0.05, 0.1) is 11.3 Å². The third-order valence-corrected chi connectivity index (χ3v) is 4.20. The molecule has 1 aromatic carbocycles. The molecule has 7 heteroatoms. The number of aromatic carboxylic acids is 1. The first-order valence-electron chi connectivity index (χ1n) is 8.21. The summed E-state index contributed by atoms with van der Waals surface area (Å²) in [4.78, 5) is 22.6. The fourth-order valence-electron chi connectivity index (χ4n) is 2.66. The van der Waals surface area contributed by atoms with E-state index in [0.29, 0.717) is 13.1 Å². The van der Waals surface area contributed by atoms with E-state index in [4.69, 9.17) is 5.11 Å². The third kappa shape index (κ3) is 5.07. The zero-order valence-corrected chi connectivity index (χ0v) is 14.8. The molecule has 3 N–H and O–H groups in total. The number of hydrogen-bond acceptors (Lipinski definition) is 3. The molecular weight excluding hydrogens is 320 g/mol. The smallest absolute Gasteiger partial charge is 0.335 e. The number of carboxylic acids is 1. The second-order valence-electron chi connectivity index (χ2n) is 5.99. The van der Waals surface area contributed by atoms with Crippen molar-refractivity contribution in [2.24, 2.45) is 7.05 Å². The summed E-state index contributed by atoms with van der Waals surface area (Å²) in [5.41, 5.74) is 4.51. The van der Waals surface area contributed by atoms with Crippen LogP contribution in [0, 0.1) is 13.8 Å². The molecule has 2 rings (SSSR count). The van der Waals surface area contributed by atoms with Gasteiger partial charge in [-0.3, -0.25) is 4.68 Å². The molecule has 7 nitrogen and oxygen atoms in total. The normalized spacial score (nSPS) is 10.5. The minimum atomic E-state index is -0.962. The molecule has 0 bridgehead atoms. The first-order chi connectivity index (χ1) is 11.9. The molecule has 0 aliphatic heterocycles. The zero-order valence-electron chi connectivity index (χ0n) is 14.8. The van der Waals surface area contributed by atoms with Crippen LogP contribution in [0.1, 0.15) is 39.3 Å². The lowest BCUT2D eigenvalue weighted by Gasteiger charge is -2.08. The molecule has 0 saturated heterocycles. The van der Waals surface area contributed by atoms with Gasteiger partial charge in [-0.25, -0.2) is 9.59 Å². The molecule has 0 radical (unpaired) electrons. The van der Waals surface area contributed by atoms with Crippen molar-refractivity contribution in [1.82, 2.24) is 20.4 Å². The van der Waals surface area contributed by atoms with Crippen LogP contribution in [0.15, 0.2) is 24.3 Å². The summed E-state index contributed by atoms with van der Waals surface area (Å²) < 4.78 is 1.88. The molecule has 1 heterocycles. The predicted octanol–water partition coefficient (Wildman–Crippen LogP) is 2.17. The third-order valence-electron chi connectivity index (χ3n) is 4.20. The molecule has 134 valence electrons. The standard InChI is InChI=1S/C18H24N4O3/c1-12-16(13(2)22(3)21-12)5-4-10-19-18(25)20-11-14-6-8-15(9-7-14)17(23)24/h6-9H,4-5,10-11H2,1-3H3,(H,23,24)(H2,19,20,25). The van der Waals surface area contributed by atoms with Crippen molar-refractivity contribution in [1.29, 1.82) is 0 Å². The largest absolute Gasteiger partial charge is 0.478 e. The molecule has 0 aliphatic carbocycles. The Hall–Kier alpha value is -2.83. The number of rotatable bonds is 7. The first kappa shape index (κ1) is 18.5. The van der Waals surface area contributed by atoms with E-state index in [-0.39, 0.29) is 11.6 Å². The van der Waals surface area contributed by atoms with Gasteiger partial charge in [0.1, 0.15) is 0 Å². The van der Waals surface area contributed by atoms with Gasteiger partial charge >= 0.3 is 12.0 Å². The Kier molecular flexibility index (Phi) is 6.16. The van der Waals surface area contributed by atoms with Gasteiger partial charge in [-0.2, -0.15) is 5.10 Å². The van der Waals surface area contributed by atoms with Gasteiger partial charge in [0.15, 0.2) is 0 Å². The number of amides is 2. The van der Waals surface area contributed by atoms with Crippen LogP contribution >= 0.6 is 0 Å². The first-order valence-corrected chi connectivity index (χ1v) is 8.21. The van der Waals surface area contributed by atoms with Crippen molar-refractivity contribution in [2.75, 3.05) is 6.54 Å². The van der Waals surface area contributed by atoms with E-state index >= 15 is 0 Å². The fourth-order valence-corrected chi connectivity index (χ4v) is 2.66. The molecule has 0 saturated carbocycles. The van der Waals surface area contributed by atoms with Crippen LogP contribution in [0.4, 0.5) is 4.79 Å². The van der Waals surface area contributed by atoms with E-state index in [2.05, 4.69) is 15.7 Å². The molecule has 1 aromatic heterocycles. The molecule has 0 fully saturated rings. The summed E-state index contributed by atoms with van der Waals surface area (Å²) in [6.07, 6.45) is 1.72. The number of aryl methyl sites for hydroxylation is 2. The number of nitrogens with zero attached hydrogens (tertiary/aromatic N) is 2. The van der Waals surface area contributed by atoms with Crippen molar-refractivity contribution >= 4 is 12.0 Å². The van der Waals surface area contributed by atoms with Crippen LogP contribution in [0.5, 0.6) is 0 Å². The Labute approximate surface area is 147 Å². The second-order valence-corrected chi connectivity index (χ2v) is 5.99. The number of benzene rings is 1. The van der Waals surface area contributed by atoms with Crippen molar-refractivity contribution in [3.05, 3.63) is 52.3 Å². The fraction of sp³-hybridized carbons (Fsp3) is 0.389. The van der Waals surface area contributed by atoms with E-state index in [1.54, 1.807) is 12.1 Å². The Balaban J connectivity index is 1.69. The number of hydrogen-bond donors (Lipinski definition) is 3. The van der Waals surface area contributed by atoms with Gasteiger partial charge in [-0.1, -0.05) is 12.1 Å². The number of aromatic nitrogens is 2. The number of carboxylic acid groups (broad SMARTS) is 1. The molecule has 0 aliphatic rings. The summed E-state index contributed by atoms with van der Waals surface area (Å²) in [5.74, 6) is -0.962. The van der Waals surface area contributed by atoms with E-state index in [1.165, 1.54) is 17.7 Å². The van der Waals surface area contributed by atoms with E-state index < -0.39 is 5.97 Å². The predicted molar refractivity (Wildman–Crippen MR) is 94.6 cm³/mol. The molecule has 2 amide bonds. The van der Waals surface area contributed by atoms with Gasteiger partial charge in [-0.15, -0.1) is 0 Å². The van der Waals surface area contributed by atoms with Crippen LogP contribution in [-0.4, -0.2) is 33.4 Å². The number of urea groups is 1. The number of nitrogens with one attached hydrogen (secondary N) is 2. The van der Waals surface area contributed by atoms with Crippen molar-refractivity contribution < 1.29 is 14.7 Å². The van der Waals surface area contributed by atoms with Gasteiger partial charge in [0.25, 0.3) is 0 Å². The highest BCUT2D eigenvalue weighted by atomic mass is 16.4. The summed E-state index contributed by atoms with van der Waals surface area (Å²) in [6.45, 7) is 4.98. The van der Waals surface area contributed by atoms with Crippen LogP contribution < -0.4 is 10.6 Å². The summed E-state index contributed by atoms with van der Waals surface area (Å²) in [6, 6.07) is 6.20. The van der Waals surface area contributed by atoms with Crippen LogP contribution in [0.2, 0.25) is 0 Å². The molecule has 0 unspecified atom stereocenters. The Morgan fingerprint density at radius 3 is 2.40 bits per heavy atom. The average molecular weight is 344 g/mol. The Bertz CT molecular complexity index is 750.